The lowest BCUT2D eigenvalue weighted by Gasteiger charge is -2.22. The Morgan fingerprint density at radius 3 is 2.79 bits per heavy atom. The van der Waals surface area contributed by atoms with Crippen molar-refractivity contribution in [3.8, 4) is 17.0 Å². The monoisotopic (exact) mass is 324 g/mol. The van der Waals surface area contributed by atoms with Gasteiger partial charge in [-0.2, -0.15) is 5.10 Å². The Bertz CT molecular complexity index is 869. The molecule has 0 amide bonds. The molecule has 3 aromatic rings. The highest BCUT2D eigenvalue weighted by Gasteiger charge is 2.18. The number of benzene rings is 1. The van der Waals surface area contributed by atoms with Crippen LogP contribution in [0.4, 0.5) is 5.82 Å². The minimum Gasteiger partial charge on any atom is -0.507 e. The molecule has 3 heterocycles. The van der Waals surface area contributed by atoms with Crippen LogP contribution >= 0.6 is 0 Å². The summed E-state index contributed by atoms with van der Waals surface area (Å²) in [5.74, 6) is 1.16. The third kappa shape index (κ3) is 2.67. The molecule has 2 aromatic heterocycles. The lowest BCUT2D eigenvalue weighted by atomic mass is 9.98. The number of nitrogens with one attached hydrogen (secondary N) is 1. The van der Waals surface area contributed by atoms with Crippen LogP contribution in [0.1, 0.15) is 12.8 Å². The molecule has 4 rings (SSSR count). The SMILES string of the molecule is Nc1nn(CC2CCNCC2)c2cc(-c3ccccc3O)nnc12. The second-order valence-electron chi connectivity index (χ2n) is 6.24. The zero-order valence-electron chi connectivity index (χ0n) is 13.3. The molecule has 0 bridgehead atoms. The maximum absolute atomic E-state index is 10.0. The van der Waals surface area contributed by atoms with E-state index in [4.69, 9.17) is 5.73 Å². The van der Waals surface area contributed by atoms with Gasteiger partial charge in [-0.05, 0) is 50.0 Å². The number of aromatic hydroxyl groups is 1. The van der Waals surface area contributed by atoms with E-state index < -0.39 is 0 Å². The number of phenolic OH excluding ortho intramolecular Hbond substituents is 1. The number of hydrogen-bond donors (Lipinski definition) is 3. The molecule has 1 saturated heterocycles. The van der Waals surface area contributed by atoms with Crippen molar-refractivity contribution in [1.29, 1.82) is 0 Å². The molecule has 7 nitrogen and oxygen atoms in total. The van der Waals surface area contributed by atoms with Crippen LogP contribution in [-0.4, -0.2) is 38.2 Å². The number of aromatic nitrogens is 4. The molecule has 124 valence electrons. The van der Waals surface area contributed by atoms with Gasteiger partial charge in [0.1, 0.15) is 5.75 Å². The van der Waals surface area contributed by atoms with Crippen molar-refractivity contribution in [3.63, 3.8) is 0 Å². The zero-order valence-corrected chi connectivity index (χ0v) is 13.3. The molecule has 0 spiro atoms. The van der Waals surface area contributed by atoms with Crippen molar-refractivity contribution in [2.75, 3.05) is 18.8 Å². The van der Waals surface area contributed by atoms with E-state index in [9.17, 15) is 5.11 Å². The van der Waals surface area contributed by atoms with Crippen LogP contribution in [0.25, 0.3) is 22.3 Å². The lowest BCUT2D eigenvalue weighted by Crippen LogP contribution is -2.30. The second kappa shape index (κ2) is 6.09. The number of nitrogens with zero attached hydrogens (tertiary/aromatic N) is 4. The average Bonchev–Trinajstić information content (AvgIpc) is 2.91. The normalized spacial score (nSPS) is 15.8. The van der Waals surface area contributed by atoms with Crippen LogP contribution < -0.4 is 11.1 Å². The minimum atomic E-state index is 0.184. The van der Waals surface area contributed by atoms with E-state index in [0.29, 0.717) is 28.5 Å². The highest BCUT2D eigenvalue weighted by molar-refractivity contribution is 5.87. The van der Waals surface area contributed by atoms with Gasteiger partial charge in [0.25, 0.3) is 0 Å². The van der Waals surface area contributed by atoms with Crippen molar-refractivity contribution >= 4 is 16.9 Å². The zero-order chi connectivity index (χ0) is 16.5. The molecule has 1 aliphatic heterocycles. The van der Waals surface area contributed by atoms with Gasteiger partial charge in [0, 0.05) is 12.1 Å². The van der Waals surface area contributed by atoms with E-state index in [1.54, 1.807) is 12.1 Å². The summed E-state index contributed by atoms with van der Waals surface area (Å²) in [6.45, 7) is 2.91. The first-order chi connectivity index (χ1) is 11.7. The highest BCUT2D eigenvalue weighted by atomic mass is 16.3. The maximum atomic E-state index is 10.0. The minimum absolute atomic E-state index is 0.184. The largest absolute Gasteiger partial charge is 0.507 e. The van der Waals surface area contributed by atoms with Crippen LogP contribution in [0.5, 0.6) is 5.75 Å². The molecule has 0 aliphatic carbocycles. The number of hydrogen-bond acceptors (Lipinski definition) is 6. The summed E-state index contributed by atoms with van der Waals surface area (Å²) in [4.78, 5) is 0. The van der Waals surface area contributed by atoms with E-state index in [2.05, 4.69) is 20.6 Å². The summed E-state index contributed by atoms with van der Waals surface area (Å²) in [7, 11) is 0. The Labute approximate surface area is 139 Å². The van der Waals surface area contributed by atoms with Crippen molar-refractivity contribution in [2.45, 2.75) is 19.4 Å². The first kappa shape index (κ1) is 14.9. The Hall–Kier alpha value is -2.67. The van der Waals surface area contributed by atoms with Gasteiger partial charge in [-0.3, -0.25) is 4.68 Å². The third-order valence-corrected chi connectivity index (χ3v) is 4.59. The average molecular weight is 324 g/mol. The maximum Gasteiger partial charge on any atom is 0.174 e. The third-order valence-electron chi connectivity index (χ3n) is 4.59. The molecule has 0 saturated carbocycles. The van der Waals surface area contributed by atoms with Gasteiger partial charge >= 0.3 is 0 Å². The molecule has 4 N–H and O–H groups in total. The van der Waals surface area contributed by atoms with Crippen LogP contribution in [-0.2, 0) is 6.54 Å². The van der Waals surface area contributed by atoms with E-state index in [-0.39, 0.29) is 5.75 Å². The topological polar surface area (TPSA) is 102 Å². The first-order valence-electron chi connectivity index (χ1n) is 8.21. The molecule has 7 heteroatoms. The Morgan fingerprint density at radius 1 is 1.21 bits per heavy atom. The molecule has 24 heavy (non-hydrogen) atoms. The molecular weight excluding hydrogens is 304 g/mol. The van der Waals surface area contributed by atoms with Gasteiger partial charge in [-0.25, -0.2) is 0 Å². The van der Waals surface area contributed by atoms with Crippen LogP contribution in [0.3, 0.4) is 0 Å². The fourth-order valence-electron chi connectivity index (χ4n) is 3.26. The van der Waals surface area contributed by atoms with Gasteiger partial charge in [0.05, 0.1) is 11.2 Å². The molecule has 0 radical (unpaired) electrons. The van der Waals surface area contributed by atoms with Gasteiger partial charge in [-0.1, -0.05) is 12.1 Å². The number of nitrogens with two attached hydrogens (primary N) is 1. The second-order valence-corrected chi connectivity index (χ2v) is 6.24. The van der Waals surface area contributed by atoms with E-state index in [1.807, 2.05) is 22.9 Å². The molecule has 0 unspecified atom stereocenters. The standard InChI is InChI=1S/C17H20N6O/c18-17-16-14(23(22-17)10-11-5-7-19-8-6-11)9-13(20-21-16)12-3-1-2-4-15(12)24/h1-4,9,11,19,24H,5-8,10H2,(H2,18,22). The molecule has 1 aromatic carbocycles. The number of phenols is 1. The number of fused-ring (bicyclic) bond motifs is 1. The van der Waals surface area contributed by atoms with Crippen molar-refractivity contribution in [3.05, 3.63) is 30.3 Å². The molecule has 1 fully saturated rings. The quantitative estimate of drug-likeness (QED) is 0.679. The predicted molar refractivity (Wildman–Crippen MR) is 92.4 cm³/mol. The van der Waals surface area contributed by atoms with Gasteiger partial charge in [0.2, 0.25) is 0 Å². The fraction of sp³-hybridized carbons (Fsp3) is 0.353. The van der Waals surface area contributed by atoms with Gasteiger partial charge in [0.15, 0.2) is 11.3 Å². The molecule has 1 aliphatic rings. The van der Waals surface area contributed by atoms with Crippen molar-refractivity contribution in [1.82, 2.24) is 25.3 Å². The van der Waals surface area contributed by atoms with Crippen LogP contribution in [0, 0.1) is 5.92 Å². The van der Waals surface area contributed by atoms with Gasteiger partial charge < -0.3 is 16.2 Å². The van der Waals surface area contributed by atoms with Crippen LogP contribution in [0.15, 0.2) is 30.3 Å². The summed E-state index contributed by atoms with van der Waals surface area (Å²) < 4.78 is 1.93. The molecule has 0 atom stereocenters. The van der Waals surface area contributed by atoms with E-state index in [1.165, 1.54) is 0 Å². The number of nitrogen functional groups attached to an aromatic ring is 1. The summed E-state index contributed by atoms with van der Waals surface area (Å²) >= 11 is 0. The van der Waals surface area contributed by atoms with Crippen LogP contribution in [0.2, 0.25) is 0 Å². The highest BCUT2D eigenvalue weighted by Crippen LogP contribution is 2.30. The van der Waals surface area contributed by atoms with Crippen molar-refractivity contribution in [2.24, 2.45) is 5.92 Å². The number of piperidine rings is 1. The summed E-state index contributed by atoms with van der Waals surface area (Å²) in [5, 5.41) is 26.3. The Morgan fingerprint density at radius 2 is 2.00 bits per heavy atom. The summed E-state index contributed by atoms with van der Waals surface area (Å²) in [5.41, 5.74) is 8.75. The number of rotatable bonds is 3. The Kier molecular flexibility index (Phi) is 3.78. The van der Waals surface area contributed by atoms with E-state index in [0.717, 1.165) is 38.0 Å². The molecular formula is C17H20N6O. The smallest absolute Gasteiger partial charge is 0.174 e. The lowest BCUT2D eigenvalue weighted by molar-refractivity contribution is 0.325. The van der Waals surface area contributed by atoms with Gasteiger partial charge in [-0.15, -0.1) is 10.2 Å². The summed E-state index contributed by atoms with van der Waals surface area (Å²) in [6, 6.07) is 9.01. The Balaban J connectivity index is 1.74. The van der Waals surface area contributed by atoms with E-state index >= 15 is 0 Å². The first-order valence-corrected chi connectivity index (χ1v) is 8.21. The summed E-state index contributed by atoms with van der Waals surface area (Å²) in [6.07, 6.45) is 2.26. The fourth-order valence-corrected chi connectivity index (χ4v) is 3.26. The van der Waals surface area contributed by atoms with Crippen molar-refractivity contribution < 1.29 is 5.11 Å². The predicted octanol–water partition coefficient (Wildman–Crippen LogP) is 1.78. The number of anilines is 1. The number of para-hydroxylation sites is 1.